The van der Waals surface area contributed by atoms with Crippen LogP contribution in [-0.2, 0) is 10.0 Å². The number of halogens is 3. The van der Waals surface area contributed by atoms with E-state index in [0.717, 1.165) is 4.31 Å². The number of rotatable bonds is 2. The quantitative estimate of drug-likeness (QED) is 0.885. The van der Waals surface area contributed by atoms with Gasteiger partial charge < -0.3 is 5.32 Å². The number of nitrogens with zero attached hydrogens (tertiary/aromatic N) is 1. The Morgan fingerprint density at radius 2 is 1.55 bits per heavy atom. The van der Waals surface area contributed by atoms with Crippen LogP contribution in [-0.4, -0.2) is 38.9 Å². The van der Waals surface area contributed by atoms with Crippen LogP contribution in [0, 0.1) is 29.3 Å². The summed E-state index contributed by atoms with van der Waals surface area (Å²) in [5, 5.41) is 3.15. The van der Waals surface area contributed by atoms with Gasteiger partial charge >= 0.3 is 0 Å². The van der Waals surface area contributed by atoms with Gasteiger partial charge in [0.05, 0.1) is 0 Å². The molecule has 8 heteroatoms. The van der Waals surface area contributed by atoms with Crippen molar-refractivity contribution in [1.82, 2.24) is 9.62 Å². The maximum Gasteiger partial charge on any atom is 0.248 e. The highest BCUT2D eigenvalue weighted by Gasteiger charge is 2.43. The average molecular weight is 306 g/mol. The lowest BCUT2D eigenvalue weighted by atomic mass is 10.0. The van der Waals surface area contributed by atoms with Crippen LogP contribution < -0.4 is 5.32 Å². The molecule has 1 aromatic carbocycles. The van der Waals surface area contributed by atoms with Gasteiger partial charge in [-0.2, -0.15) is 4.31 Å². The molecule has 2 saturated heterocycles. The van der Waals surface area contributed by atoms with E-state index < -0.39 is 32.4 Å². The van der Waals surface area contributed by atoms with Gasteiger partial charge in [-0.15, -0.1) is 0 Å². The first-order chi connectivity index (χ1) is 9.39. The molecule has 0 amide bonds. The Kier molecular flexibility index (Phi) is 3.26. The van der Waals surface area contributed by atoms with Gasteiger partial charge in [0.2, 0.25) is 10.0 Å². The van der Waals surface area contributed by atoms with Crippen molar-refractivity contribution < 1.29 is 21.6 Å². The Bertz CT molecular complexity index is 615. The molecular weight excluding hydrogens is 293 g/mol. The van der Waals surface area contributed by atoms with E-state index in [-0.39, 0.29) is 24.9 Å². The van der Waals surface area contributed by atoms with Crippen LogP contribution in [0.1, 0.15) is 0 Å². The van der Waals surface area contributed by atoms with Gasteiger partial charge in [-0.1, -0.05) is 0 Å². The van der Waals surface area contributed by atoms with Crippen molar-refractivity contribution in [2.24, 2.45) is 11.8 Å². The highest BCUT2D eigenvalue weighted by molar-refractivity contribution is 7.89. The second-order valence-electron chi connectivity index (χ2n) is 5.20. The van der Waals surface area contributed by atoms with Crippen molar-refractivity contribution in [3.8, 4) is 0 Å². The van der Waals surface area contributed by atoms with Gasteiger partial charge in [-0.3, -0.25) is 0 Å². The minimum Gasteiger partial charge on any atom is -0.316 e. The maximum atomic E-state index is 13.7. The molecule has 2 fully saturated rings. The van der Waals surface area contributed by atoms with E-state index in [2.05, 4.69) is 5.32 Å². The first kappa shape index (κ1) is 13.8. The molecule has 4 nitrogen and oxygen atoms in total. The first-order valence-electron chi connectivity index (χ1n) is 6.25. The van der Waals surface area contributed by atoms with Gasteiger partial charge in [0.1, 0.15) is 17.5 Å². The van der Waals surface area contributed by atoms with Gasteiger partial charge in [0, 0.05) is 25.2 Å². The third-order valence-corrected chi connectivity index (χ3v) is 5.80. The summed E-state index contributed by atoms with van der Waals surface area (Å²) in [7, 11) is -4.27. The predicted octanol–water partition coefficient (Wildman–Crippen LogP) is 0.944. The molecule has 1 N–H and O–H groups in total. The van der Waals surface area contributed by atoms with Crippen molar-refractivity contribution in [3.05, 3.63) is 29.6 Å². The van der Waals surface area contributed by atoms with Crippen LogP contribution in [0.4, 0.5) is 13.2 Å². The average Bonchev–Trinajstić information content (AvgIpc) is 2.85. The van der Waals surface area contributed by atoms with Gasteiger partial charge in [0.15, 0.2) is 4.90 Å². The summed E-state index contributed by atoms with van der Waals surface area (Å²) in [5.41, 5.74) is 0. The summed E-state index contributed by atoms with van der Waals surface area (Å²) in [4.78, 5) is -1.06. The van der Waals surface area contributed by atoms with E-state index >= 15 is 0 Å². The van der Waals surface area contributed by atoms with Crippen LogP contribution in [0.15, 0.2) is 17.0 Å². The molecule has 0 spiro atoms. The van der Waals surface area contributed by atoms with E-state index in [1.807, 2.05) is 0 Å². The molecule has 0 aromatic heterocycles. The zero-order chi connectivity index (χ0) is 14.5. The summed E-state index contributed by atoms with van der Waals surface area (Å²) in [5.74, 6) is -3.59. The van der Waals surface area contributed by atoms with Gasteiger partial charge in [-0.25, -0.2) is 21.6 Å². The van der Waals surface area contributed by atoms with Crippen LogP contribution in [0.3, 0.4) is 0 Å². The van der Waals surface area contributed by atoms with Gasteiger partial charge in [-0.05, 0) is 24.9 Å². The van der Waals surface area contributed by atoms with E-state index in [0.29, 0.717) is 25.2 Å². The van der Waals surface area contributed by atoms with Crippen LogP contribution in [0.5, 0.6) is 0 Å². The molecule has 2 heterocycles. The van der Waals surface area contributed by atoms with Crippen molar-refractivity contribution in [3.63, 3.8) is 0 Å². The fourth-order valence-electron chi connectivity index (χ4n) is 2.91. The lowest BCUT2D eigenvalue weighted by molar-refractivity contribution is 0.431. The summed E-state index contributed by atoms with van der Waals surface area (Å²) in [6, 6.07) is 0.767. The minimum atomic E-state index is -4.27. The van der Waals surface area contributed by atoms with E-state index in [9.17, 15) is 21.6 Å². The fraction of sp³-hybridized carbons (Fsp3) is 0.500. The number of nitrogens with one attached hydrogen (secondary N) is 1. The zero-order valence-electron chi connectivity index (χ0n) is 10.4. The van der Waals surface area contributed by atoms with Crippen LogP contribution >= 0.6 is 0 Å². The summed E-state index contributed by atoms with van der Waals surface area (Å²) in [6.07, 6.45) is 0. The molecule has 0 radical (unpaired) electrons. The summed E-state index contributed by atoms with van der Waals surface area (Å²) in [6.45, 7) is 1.86. The summed E-state index contributed by atoms with van der Waals surface area (Å²) < 4.78 is 65.9. The molecule has 0 saturated carbocycles. The highest BCUT2D eigenvalue weighted by atomic mass is 32.2. The Hall–Kier alpha value is -1.12. The lowest BCUT2D eigenvalue weighted by Gasteiger charge is -2.18. The molecule has 1 aromatic rings. The van der Waals surface area contributed by atoms with Crippen molar-refractivity contribution >= 4 is 10.0 Å². The third kappa shape index (κ3) is 2.11. The second kappa shape index (κ2) is 4.71. The predicted molar refractivity (Wildman–Crippen MR) is 64.9 cm³/mol. The first-order valence-corrected chi connectivity index (χ1v) is 7.69. The smallest absolute Gasteiger partial charge is 0.248 e. The Balaban J connectivity index is 1.97. The van der Waals surface area contributed by atoms with Crippen molar-refractivity contribution in [2.75, 3.05) is 26.2 Å². The minimum absolute atomic E-state index is 0.163. The Morgan fingerprint density at radius 3 is 2.05 bits per heavy atom. The van der Waals surface area contributed by atoms with Crippen LogP contribution in [0.25, 0.3) is 0 Å². The Labute approximate surface area is 114 Å². The molecule has 2 aliphatic rings. The standard InChI is InChI=1S/C12H13F3N2O2S/c13-9-1-10(14)12(11(15)2-9)20(18,19)17-5-7-3-16-4-8(7)6-17/h1-2,7-8,16H,3-6H2/t7-,8+. The maximum absolute atomic E-state index is 13.7. The lowest BCUT2D eigenvalue weighted by Crippen LogP contribution is -2.33. The van der Waals surface area contributed by atoms with E-state index in [1.54, 1.807) is 0 Å². The Morgan fingerprint density at radius 1 is 1.05 bits per heavy atom. The van der Waals surface area contributed by atoms with Gasteiger partial charge in [0.25, 0.3) is 0 Å². The normalized spacial score (nSPS) is 26.9. The summed E-state index contributed by atoms with van der Waals surface area (Å²) >= 11 is 0. The van der Waals surface area contributed by atoms with Crippen molar-refractivity contribution in [2.45, 2.75) is 4.90 Å². The molecule has 20 heavy (non-hydrogen) atoms. The molecule has 3 rings (SSSR count). The van der Waals surface area contributed by atoms with E-state index in [1.165, 1.54) is 0 Å². The highest BCUT2D eigenvalue weighted by Crippen LogP contribution is 2.32. The molecule has 0 aliphatic carbocycles. The van der Waals surface area contributed by atoms with Crippen LogP contribution in [0.2, 0.25) is 0 Å². The number of hydrogen-bond donors (Lipinski definition) is 1. The molecule has 2 aliphatic heterocycles. The SMILES string of the molecule is O=S(=O)(c1c(F)cc(F)cc1F)N1C[C@H]2CNC[C@H]2C1. The van der Waals surface area contributed by atoms with Crippen molar-refractivity contribution in [1.29, 1.82) is 0 Å². The number of fused-ring (bicyclic) bond motifs is 1. The van der Waals surface area contributed by atoms with E-state index in [4.69, 9.17) is 0 Å². The monoisotopic (exact) mass is 306 g/mol. The second-order valence-corrected chi connectivity index (χ2v) is 7.07. The third-order valence-electron chi connectivity index (χ3n) is 3.92. The largest absolute Gasteiger partial charge is 0.316 e. The zero-order valence-corrected chi connectivity index (χ0v) is 11.3. The fourth-order valence-corrected chi connectivity index (χ4v) is 4.56. The molecule has 2 atom stereocenters. The number of benzene rings is 1. The molecule has 0 bridgehead atoms. The topological polar surface area (TPSA) is 49.4 Å². The molecular formula is C12H13F3N2O2S. The molecule has 110 valence electrons. The number of sulfonamides is 1. The number of hydrogen-bond acceptors (Lipinski definition) is 3. The molecule has 0 unspecified atom stereocenters.